The number of rotatable bonds is 2. The van der Waals surface area contributed by atoms with Crippen LogP contribution in [-0.4, -0.2) is 25.8 Å². The highest BCUT2D eigenvalue weighted by Crippen LogP contribution is 2.17. The number of carboxylic acid groups (broad SMARTS) is 1. The molecular formula is C13H8FN3O2. The fraction of sp³-hybridized carbons (Fsp3) is 0. The molecule has 0 bridgehead atoms. The van der Waals surface area contributed by atoms with Crippen molar-refractivity contribution in [1.82, 2.24) is 14.8 Å². The summed E-state index contributed by atoms with van der Waals surface area (Å²) in [5.74, 6) is -1.45. The van der Waals surface area contributed by atoms with Crippen LogP contribution >= 0.6 is 0 Å². The van der Waals surface area contributed by atoms with Crippen molar-refractivity contribution in [1.29, 1.82) is 0 Å². The molecule has 0 amide bonds. The summed E-state index contributed by atoms with van der Waals surface area (Å²) in [6, 6.07) is 8.78. The summed E-state index contributed by atoms with van der Waals surface area (Å²) in [6.07, 6.45) is 1.58. The van der Waals surface area contributed by atoms with Crippen LogP contribution < -0.4 is 0 Å². The van der Waals surface area contributed by atoms with Crippen LogP contribution in [-0.2, 0) is 0 Å². The van der Waals surface area contributed by atoms with Crippen LogP contribution in [0.15, 0.2) is 42.6 Å². The lowest BCUT2D eigenvalue weighted by molar-refractivity contribution is 0.0691. The summed E-state index contributed by atoms with van der Waals surface area (Å²) in [5, 5.41) is 13.8. The summed E-state index contributed by atoms with van der Waals surface area (Å²) in [4.78, 5) is 15.0. The average molecular weight is 257 g/mol. The SMILES string of the molecule is O=C(O)c1ccc2cnn(-c3ccc(F)cc3)c2n1. The zero-order chi connectivity index (χ0) is 13.4. The molecule has 0 atom stereocenters. The van der Waals surface area contributed by atoms with Crippen molar-refractivity contribution in [2.45, 2.75) is 0 Å². The molecule has 3 rings (SSSR count). The van der Waals surface area contributed by atoms with Gasteiger partial charge in [-0.1, -0.05) is 0 Å². The van der Waals surface area contributed by atoms with Crippen molar-refractivity contribution in [3.05, 3.63) is 54.1 Å². The van der Waals surface area contributed by atoms with Gasteiger partial charge in [-0.05, 0) is 36.4 Å². The molecule has 0 saturated carbocycles. The van der Waals surface area contributed by atoms with Gasteiger partial charge in [0, 0.05) is 5.39 Å². The second-order valence-corrected chi connectivity index (χ2v) is 3.95. The molecule has 1 aromatic carbocycles. The van der Waals surface area contributed by atoms with E-state index >= 15 is 0 Å². The fourth-order valence-corrected chi connectivity index (χ4v) is 1.79. The molecule has 0 spiro atoms. The Hall–Kier alpha value is -2.76. The molecule has 0 aliphatic rings. The Morgan fingerprint density at radius 1 is 1.16 bits per heavy atom. The fourth-order valence-electron chi connectivity index (χ4n) is 1.79. The maximum atomic E-state index is 12.9. The number of hydrogen-bond acceptors (Lipinski definition) is 3. The minimum atomic E-state index is -1.10. The number of aromatic carboxylic acids is 1. The van der Waals surface area contributed by atoms with Crippen LogP contribution in [0.3, 0.4) is 0 Å². The Morgan fingerprint density at radius 2 is 1.89 bits per heavy atom. The summed E-state index contributed by atoms with van der Waals surface area (Å²) >= 11 is 0. The number of aromatic nitrogens is 3. The predicted octanol–water partition coefficient (Wildman–Crippen LogP) is 2.26. The number of fused-ring (bicyclic) bond motifs is 1. The number of nitrogens with zero attached hydrogens (tertiary/aromatic N) is 3. The van der Waals surface area contributed by atoms with E-state index in [9.17, 15) is 9.18 Å². The lowest BCUT2D eigenvalue weighted by Crippen LogP contribution is -2.03. The summed E-state index contributed by atoms with van der Waals surface area (Å²) in [7, 11) is 0. The summed E-state index contributed by atoms with van der Waals surface area (Å²) in [6.45, 7) is 0. The Morgan fingerprint density at radius 3 is 2.58 bits per heavy atom. The smallest absolute Gasteiger partial charge is 0.354 e. The first-order chi connectivity index (χ1) is 9.15. The predicted molar refractivity (Wildman–Crippen MR) is 65.8 cm³/mol. The van der Waals surface area contributed by atoms with Gasteiger partial charge in [-0.25, -0.2) is 18.9 Å². The first kappa shape index (κ1) is 11.3. The van der Waals surface area contributed by atoms with Gasteiger partial charge in [0.05, 0.1) is 11.9 Å². The van der Waals surface area contributed by atoms with Gasteiger partial charge in [0.1, 0.15) is 5.82 Å². The molecule has 0 fully saturated rings. The van der Waals surface area contributed by atoms with E-state index in [0.717, 1.165) is 0 Å². The molecule has 19 heavy (non-hydrogen) atoms. The van der Waals surface area contributed by atoms with E-state index in [-0.39, 0.29) is 11.5 Å². The molecule has 0 unspecified atom stereocenters. The van der Waals surface area contributed by atoms with E-state index in [1.807, 2.05) is 0 Å². The molecule has 94 valence electrons. The number of pyridine rings is 1. The highest BCUT2D eigenvalue weighted by molar-refractivity contribution is 5.89. The Kier molecular flexibility index (Phi) is 2.49. The third-order valence-corrected chi connectivity index (χ3v) is 2.71. The minimum absolute atomic E-state index is 0.0589. The largest absolute Gasteiger partial charge is 0.477 e. The second-order valence-electron chi connectivity index (χ2n) is 3.95. The molecule has 0 radical (unpaired) electrons. The standard InChI is InChI=1S/C13H8FN3O2/c14-9-2-4-10(5-3-9)17-12-8(7-15-17)1-6-11(16-12)13(18)19/h1-7H,(H,18,19). The maximum Gasteiger partial charge on any atom is 0.354 e. The Labute approximate surface area is 106 Å². The average Bonchev–Trinajstić information content (AvgIpc) is 2.82. The van der Waals surface area contributed by atoms with E-state index in [4.69, 9.17) is 5.11 Å². The molecule has 0 aliphatic heterocycles. The number of carboxylic acids is 1. The van der Waals surface area contributed by atoms with E-state index in [1.165, 1.54) is 22.9 Å². The zero-order valence-corrected chi connectivity index (χ0v) is 9.62. The van der Waals surface area contributed by atoms with Crippen molar-refractivity contribution in [3.8, 4) is 5.69 Å². The second kappa shape index (κ2) is 4.16. The van der Waals surface area contributed by atoms with Gasteiger partial charge < -0.3 is 5.11 Å². The first-order valence-corrected chi connectivity index (χ1v) is 5.49. The third-order valence-electron chi connectivity index (χ3n) is 2.71. The molecule has 2 heterocycles. The number of benzene rings is 1. The van der Waals surface area contributed by atoms with E-state index < -0.39 is 5.97 Å². The normalized spacial score (nSPS) is 10.8. The molecule has 2 aromatic heterocycles. The lowest BCUT2D eigenvalue weighted by atomic mass is 10.3. The lowest BCUT2D eigenvalue weighted by Gasteiger charge is -2.03. The third kappa shape index (κ3) is 1.93. The molecule has 5 nitrogen and oxygen atoms in total. The Bertz CT molecular complexity index is 765. The number of halogens is 1. The number of carbonyl (C=O) groups is 1. The molecular weight excluding hydrogens is 249 g/mol. The zero-order valence-electron chi connectivity index (χ0n) is 9.62. The van der Waals surface area contributed by atoms with Crippen molar-refractivity contribution in [2.75, 3.05) is 0 Å². The Balaban J connectivity index is 2.21. The van der Waals surface area contributed by atoms with Gasteiger partial charge in [-0.2, -0.15) is 5.10 Å². The van der Waals surface area contributed by atoms with Gasteiger partial charge in [-0.15, -0.1) is 0 Å². The molecule has 1 N–H and O–H groups in total. The highest BCUT2D eigenvalue weighted by atomic mass is 19.1. The van der Waals surface area contributed by atoms with Gasteiger partial charge in [-0.3, -0.25) is 0 Å². The van der Waals surface area contributed by atoms with Gasteiger partial charge in [0.2, 0.25) is 0 Å². The quantitative estimate of drug-likeness (QED) is 0.764. The van der Waals surface area contributed by atoms with Crippen molar-refractivity contribution in [2.24, 2.45) is 0 Å². The number of hydrogen-bond donors (Lipinski definition) is 1. The molecule has 3 aromatic rings. The highest BCUT2D eigenvalue weighted by Gasteiger charge is 2.10. The van der Waals surface area contributed by atoms with Gasteiger partial charge in [0.25, 0.3) is 0 Å². The van der Waals surface area contributed by atoms with Gasteiger partial charge >= 0.3 is 5.97 Å². The van der Waals surface area contributed by atoms with E-state index in [0.29, 0.717) is 16.7 Å². The minimum Gasteiger partial charge on any atom is -0.477 e. The monoisotopic (exact) mass is 257 g/mol. The van der Waals surface area contributed by atoms with Crippen molar-refractivity contribution >= 4 is 17.0 Å². The van der Waals surface area contributed by atoms with Crippen LogP contribution in [0.5, 0.6) is 0 Å². The van der Waals surface area contributed by atoms with Crippen molar-refractivity contribution < 1.29 is 14.3 Å². The van der Waals surface area contributed by atoms with Crippen LogP contribution in [0.2, 0.25) is 0 Å². The van der Waals surface area contributed by atoms with Crippen LogP contribution in [0.4, 0.5) is 4.39 Å². The molecule has 6 heteroatoms. The topological polar surface area (TPSA) is 68.0 Å². The summed E-state index contributed by atoms with van der Waals surface area (Å²) in [5.41, 5.74) is 0.981. The molecule has 0 saturated heterocycles. The van der Waals surface area contributed by atoms with Crippen LogP contribution in [0, 0.1) is 5.82 Å². The van der Waals surface area contributed by atoms with E-state index in [2.05, 4.69) is 10.1 Å². The first-order valence-electron chi connectivity index (χ1n) is 5.49. The van der Waals surface area contributed by atoms with Crippen molar-refractivity contribution in [3.63, 3.8) is 0 Å². The summed E-state index contributed by atoms with van der Waals surface area (Å²) < 4.78 is 14.4. The van der Waals surface area contributed by atoms with Crippen LogP contribution in [0.1, 0.15) is 10.5 Å². The molecule has 0 aliphatic carbocycles. The van der Waals surface area contributed by atoms with Gasteiger partial charge in [0.15, 0.2) is 11.3 Å². The maximum absolute atomic E-state index is 12.9. The van der Waals surface area contributed by atoms with E-state index in [1.54, 1.807) is 24.4 Å². The van der Waals surface area contributed by atoms with Crippen LogP contribution in [0.25, 0.3) is 16.7 Å².